The third-order valence-electron chi connectivity index (χ3n) is 4.84. The van der Waals surface area contributed by atoms with Crippen molar-refractivity contribution in [1.82, 2.24) is 4.90 Å². The minimum absolute atomic E-state index is 0.399. The van der Waals surface area contributed by atoms with Crippen LogP contribution in [0.25, 0.3) is 0 Å². The zero-order valence-corrected chi connectivity index (χ0v) is 11.4. The van der Waals surface area contributed by atoms with E-state index >= 15 is 0 Å². The molecule has 1 aromatic carbocycles. The normalized spacial score (nSPS) is 21.3. The molecule has 0 N–H and O–H groups in total. The Morgan fingerprint density at radius 3 is 2.47 bits per heavy atom. The van der Waals surface area contributed by atoms with Gasteiger partial charge in [-0.1, -0.05) is 18.2 Å². The van der Waals surface area contributed by atoms with Gasteiger partial charge in [0.15, 0.2) is 0 Å². The van der Waals surface area contributed by atoms with E-state index in [0.29, 0.717) is 5.54 Å². The fraction of sp³-hybridized carbons (Fsp3) is 0.562. The number of hydrogen-bond acceptors (Lipinski definition) is 2. The van der Waals surface area contributed by atoms with Gasteiger partial charge in [-0.15, -0.1) is 0 Å². The summed E-state index contributed by atoms with van der Waals surface area (Å²) in [7, 11) is 0. The molecule has 0 spiro atoms. The van der Waals surface area contributed by atoms with Gasteiger partial charge < -0.3 is 4.90 Å². The monoisotopic (exact) mass is 258 g/mol. The van der Waals surface area contributed by atoms with Gasteiger partial charge in [-0.2, -0.15) is 0 Å². The SMILES string of the molecule is O=CN(CCC12CCCN1CCC2)c1ccccc1. The van der Waals surface area contributed by atoms with Gasteiger partial charge in [0.2, 0.25) is 6.41 Å². The predicted octanol–water partition coefficient (Wildman–Crippen LogP) is 2.67. The maximum atomic E-state index is 11.3. The lowest BCUT2D eigenvalue weighted by Gasteiger charge is -2.33. The lowest BCUT2D eigenvalue weighted by molar-refractivity contribution is -0.107. The Kier molecular flexibility index (Phi) is 3.56. The van der Waals surface area contributed by atoms with Crippen LogP contribution in [0.3, 0.4) is 0 Å². The molecule has 2 heterocycles. The lowest BCUT2D eigenvalue weighted by Crippen LogP contribution is -2.41. The van der Waals surface area contributed by atoms with E-state index in [1.807, 2.05) is 35.2 Å². The first-order valence-corrected chi connectivity index (χ1v) is 7.36. The van der Waals surface area contributed by atoms with Crippen LogP contribution in [0.4, 0.5) is 5.69 Å². The number of rotatable bonds is 5. The molecule has 2 fully saturated rings. The Bertz CT molecular complexity index is 422. The maximum Gasteiger partial charge on any atom is 0.214 e. The Hall–Kier alpha value is -1.35. The van der Waals surface area contributed by atoms with Gasteiger partial charge >= 0.3 is 0 Å². The minimum atomic E-state index is 0.399. The highest BCUT2D eigenvalue weighted by atomic mass is 16.1. The fourth-order valence-corrected chi connectivity index (χ4v) is 3.82. The van der Waals surface area contributed by atoms with E-state index in [2.05, 4.69) is 4.90 Å². The summed E-state index contributed by atoms with van der Waals surface area (Å²) in [5, 5.41) is 0. The largest absolute Gasteiger partial charge is 0.315 e. The molecule has 3 heteroatoms. The van der Waals surface area contributed by atoms with Crippen molar-refractivity contribution in [2.45, 2.75) is 37.6 Å². The van der Waals surface area contributed by atoms with E-state index in [9.17, 15) is 4.79 Å². The summed E-state index contributed by atoms with van der Waals surface area (Å²) in [4.78, 5) is 15.8. The molecule has 0 saturated carbocycles. The molecule has 3 rings (SSSR count). The van der Waals surface area contributed by atoms with E-state index in [0.717, 1.165) is 25.1 Å². The van der Waals surface area contributed by atoms with E-state index in [1.54, 1.807) is 0 Å². The number of amides is 1. The molecule has 0 bridgehead atoms. The molecule has 102 valence electrons. The summed E-state index contributed by atoms with van der Waals surface area (Å²) in [6, 6.07) is 9.98. The van der Waals surface area contributed by atoms with Gasteiger partial charge in [-0.25, -0.2) is 0 Å². The van der Waals surface area contributed by atoms with Crippen molar-refractivity contribution >= 4 is 12.1 Å². The van der Waals surface area contributed by atoms with Gasteiger partial charge in [0.05, 0.1) is 0 Å². The zero-order chi connectivity index (χ0) is 13.1. The number of para-hydroxylation sites is 1. The average Bonchev–Trinajstić information content (AvgIpc) is 3.00. The molecule has 0 aliphatic carbocycles. The van der Waals surface area contributed by atoms with Crippen molar-refractivity contribution in [3.05, 3.63) is 30.3 Å². The maximum absolute atomic E-state index is 11.3. The minimum Gasteiger partial charge on any atom is -0.315 e. The molecule has 0 aromatic heterocycles. The predicted molar refractivity (Wildman–Crippen MR) is 77.2 cm³/mol. The van der Waals surface area contributed by atoms with Gasteiger partial charge in [0, 0.05) is 17.8 Å². The molecular formula is C16H22N2O. The second-order valence-electron chi connectivity index (χ2n) is 5.80. The van der Waals surface area contributed by atoms with Gasteiger partial charge in [0.1, 0.15) is 0 Å². The topological polar surface area (TPSA) is 23.6 Å². The molecule has 3 nitrogen and oxygen atoms in total. The molecule has 2 aliphatic heterocycles. The molecular weight excluding hydrogens is 236 g/mol. The zero-order valence-electron chi connectivity index (χ0n) is 11.4. The summed E-state index contributed by atoms with van der Waals surface area (Å²) in [6.07, 6.45) is 7.36. The first-order chi connectivity index (χ1) is 9.34. The Morgan fingerprint density at radius 2 is 1.84 bits per heavy atom. The number of carbonyl (C=O) groups excluding carboxylic acids is 1. The summed E-state index contributed by atoms with van der Waals surface area (Å²) in [5.74, 6) is 0. The third-order valence-corrected chi connectivity index (χ3v) is 4.84. The van der Waals surface area contributed by atoms with E-state index < -0.39 is 0 Å². The number of anilines is 1. The van der Waals surface area contributed by atoms with E-state index in [1.165, 1.54) is 38.8 Å². The van der Waals surface area contributed by atoms with Crippen molar-refractivity contribution < 1.29 is 4.79 Å². The molecule has 0 unspecified atom stereocenters. The third kappa shape index (κ3) is 2.39. The Balaban J connectivity index is 1.66. The van der Waals surface area contributed by atoms with Crippen LogP contribution in [0.5, 0.6) is 0 Å². The van der Waals surface area contributed by atoms with Crippen LogP contribution in [0.15, 0.2) is 30.3 Å². The fourth-order valence-electron chi connectivity index (χ4n) is 3.82. The average molecular weight is 258 g/mol. The highest BCUT2D eigenvalue weighted by molar-refractivity contribution is 5.74. The first kappa shape index (κ1) is 12.7. The summed E-state index contributed by atoms with van der Waals surface area (Å²) in [5.41, 5.74) is 1.41. The Morgan fingerprint density at radius 1 is 1.16 bits per heavy atom. The smallest absolute Gasteiger partial charge is 0.214 e. The highest BCUT2D eigenvalue weighted by Crippen LogP contribution is 2.41. The summed E-state index contributed by atoms with van der Waals surface area (Å²) < 4.78 is 0. The molecule has 2 saturated heterocycles. The van der Waals surface area contributed by atoms with Crippen LogP contribution in [0, 0.1) is 0 Å². The van der Waals surface area contributed by atoms with Crippen molar-refractivity contribution in [3.63, 3.8) is 0 Å². The van der Waals surface area contributed by atoms with Gasteiger partial charge in [0.25, 0.3) is 0 Å². The number of hydrogen-bond donors (Lipinski definition) is 0. The number of carbonyl (C=O) groups is 1. The first-order valence-electron chi connectivity index (χ1n) is 7.36. The van der Waals surface area contributed by atoms with Crippen molar-refractivity contribution in [3.8, 4) is 0 Å². The van der Waals surface area contributed by atoms with Crippen LogP contribution in [0.1, 0.15) is 32.1 Å². The summed E-state index contributed by atoms with van der Waals surface area (Å²) >= 11 is 0. The quantitative estimate of drug-likeness (QED) is 0.758. The van der Waals surface area contributed by atoms with Gasteiger partial charge in [-0.3, -0.25) is 9.69 Å². The van der Waals surface area contributed by atoms with Crippen LogP contribution < -0.4 is 4.90 Å². The lowest BCUT2D eigenvalue weighted by atomic mass is 9.90. The standard InChI is InChI=1S/C16H22N2O/c19-14-17(15-6-2-1-3-7-15)13-10-16-8-4-11-18(16)12-5-9-16/h1-3,6-7,14H,4-5,8-13H2. The molecule has 0 atom stereocenters. The molecule has 2 aliphatic rings. The van der Waals surface area contributed by atoms with Crippen molar-refractivity contribution in [2.24, 2.45) is 0 Å². The van der Waals surface area contributed by atoms with Crippen LogP contribution in [-0.4, -0.2) is 36.5 Å². The highest BCUT2D eigenvalue weighted by Gasteiger charge is 2.43. The van der Waals surface area contributed by atoms with Crippen LogP contribution in [0.2, 0.25) is 0 Å². The number of benzene rings is 1. The van der Waals surface area contributed by atoms with E-state index in [-0.39, 0.29) is 0 Å². The molecule has 1 aromatic rings. The molecule has 19 heavy (non-hydrogen) atoms. The van der Waals surface area contributed by atoms with E-state index in [4.69, 9.17) is 0 Å². The van der Waals surface area contributed by atoms with Crippen molar-refractivity contribution in [1.29, 1.82) is 0 Å². The second-order valence-corrected chi connectivity index (χ2v) is 5.80. The number of fused-ring (bicyclic) bond motifs is 1. The Labute approximate surface area is 115 Å². The number of nitrogens with zero attached hydrogens (tertiary/aromatic N) is 2. The second kappa shape index (κ2) is 5.33. The molecule has 0 radical (unpaired) electrons. The van der Waals surface area contributed by atoms with Gasteiger partial charge in [-0.05, 0) is 57.3 Å². The van der Waals surface area contributed by atoms with Crippen LogP contribution in [-0.2, 0) is 4.79 Å². The van der Waals surface area contributed by atoms with Crippen molar-refractivity contribution in [2.75, 3.05) is 24.5 Å². The van der Waals surface area contributed by atoms with Crippen LogP contribution >= 0.6 is 0 Å². The summed E-state index contributed by atoms with van der Waals surface area (Å²) in [6.45, 7) is 3.35. The molecule has 1 amide bonds.